The minimum Gasteiger partial charge on any atom is -0.497 e. The average Bonchev–Trinajstić information content (AvgIpc) is 3.44. The number of aromatic nitrogens is 4. The predicted molar refractivity (Wildman–Crippen MR) is 150 cm³/mol. The third kappa shape index (κ3) is 5.73. The number of methoxy groups -OCH3 is 2. The first kappa shape index (κ1) is 29.2. The van der Waals surface area contributed by atoms with Gasteiger partial charge in [0.25, 0.3) is 10.0 Å². The third-order valence-electron chi connectivity index (χ3n) is 7.43. The van der Waals surface area contributed by atoms with Gasteiger partial charge in [-0.3, -0.25) is 4.68 Å². The van der Waals surface area contributed by atoms with E-state index in [0.717, 1.165) is 41.4 Å². The molecule has 1 fully saturated rings. The molecule has 1 aliphatic rings. The van der Waals surface area contributed by atoms with Gasteiger partial charge in [0.2, 0.25) is 5.82 Å². The van der Waals surface area contributed by atoms with Crippen LogP contribution in [0.3, 0.4) is 0 Å². The summed E-state index contributed by atoms with van der Waals surface area (Å²) in [5, 5.41) is 4.23. The maximum atomic E-state index is 15.7. The summed E-state index contributed by atoms with van der Waals surface area (Å²) >= 11 is 0. The van der Waals surface area contributed by atoms with Gasteiger partial charge < -0.3 is 14.2 Å². The molecule has 10 nitrogen and oxygen atoms in total. The molecule has 0 spiro atoms. The van der Waals surface area contributed by atoms with E-state index in [4.69, 9.17) is 14.2 Å². The zero-order valence-electron chi connectivity index (χ0n) is 23.4. The fourth-order valence-corrected chi connectivity index (χ4v) is 6.72. The van der Waals surface area contributed by atoms with Crippen molar-refractivity contribution in [3.05, 3.63) is 84.1 Å². The number of hydrogen-bond acceptors (Lipinski definition) is 8. The first-order chi connectivity index (χ1) is 20.2. The van der Waals surface area contributed by atoms with E-state index in [1.165, 1.54) is 32.8 Å². The molecule has 2 aromatic carbocycles. The molecule has 2 atom stereocenters. The van der Waals surface area contributed by atoms with E-state index in [1.54, 1.807) is 29.1 Å². The number of anilines is 1. The number of rotatable bonds is 10. The number of nitrogens with zero attached hydrogens (tertiary/aromatic N) is 5. The van der Waals surface area contributed by atoms with Crippen molar-refractivity contribution in [3.63, 3.8) is 0 Å². The van der Waals surface area contributed by atoms with Crippen LogP contribution in [0.25, 0.3) is 0 Å². The van der Waals surface area contributed by atoms with Crippen LogP contribution in [0.1, 0.15) is 42.9 Å². The van der Waals surface area contributed by atoms with Crippen LogP contribution in [0.15, 0.2) is 66.1 Å². The van der Waals surface area contributed by atoms with Crippen molar-refractivity contribution >= 4 is 15.8 Å². The summed E-state index contributed by atoms with van der Waals surface area (Å²) in [7, 11) is 0.0730. The molecule has 0 N–H and O–H groups in total. The van der Waals surface area contributed by atoms with E-state index in [1.807, 2.05) is 13.1 Å². The summed E-state index contributed by atoms with van der Waals surface area (Å²) in [6, 6.07) is 10.3. The summed E-state index contributed by atoms with van der Waals surface area (Å²) < 4.78 is 78.3. The molecule has 5 rings (SSSR count). The normalized spacial score (nSPS) is 17.1. The maximum absolute atomic E-state index is 15.7. The van der Waals surface area contributed by atoms with Crippen molar-refractivity contribution in [1.29, 1.82) is 0 Å². The van der Waals surface area contributed by atoms with Crippen LogP contribution in [-0.2, 0) is 23.6 Å². The van der Waals surface area contributed by atoms with Gasteiger partial charge in [0, 0.05) is 48.7 Å². The Balaban J connectivity index is 1.49. The molecule has 222 valence electrons. The van der Waals surface area contributed by atoms with Gasteiger partial charge in [0.1, 0.15) is 34.6 Å². The number of hydrogen-bond donors (Lipinski definition) is 0. The Bertz CT molecular complexity index is 1650. The highest BCUT2D eigenvalue weighted by Crippen LogP contribution is 2.38. The first-order valence-corrected chi connectivity index (χ1v) is 14.8. The van der Waals surface area contributed by atoms with Crippen LogP contribution < -0.4 is 18.5 Å². The minimum absolute atomic E-state index is 0.0377. The summed E-state index contributed by atoms with van der Waals surface area (Å²) in [5.41, 5.74) is 1.38. The highest BCUT2D eigenvalue weighted by molar-refractivity contribution is 7.92. The Morgan fingerprint density at radius 3 is 2.48 bits per heavy atom. The molecule has 0 unspecified atom stereocenters. The zero-order valence-corrected chi connectivity index (χ0v) is 24.2. The highest BCUT2D eigenvalue weighted by atomic mass is 32.2. The van der Waals surface area contributed by atoms with Crippen molar-refractivity contribution in [2.75, 3.05) is 18.5 Å². The zero-order chi connectivity index (χ0) is 29.9. The molecule has 1 saturated carbocycles. The Labute approximate surface area is 242 Å². The molecule has 0 aliphatic heterocycles. The molecule has 42 heavy (non-hydrogen) atoms. The van der Waals surface area contributed by atoms with E-state index >= 15 is 8.78 Å². The van der Waals surface area contributed by atoms with Crippen molar-refractivity contribution < 1.29 is 31.4 Å². The molecule has 0 bridgehead atoms. The number of aryl methyl sites for hydroxylation is 1. The average molecular weight is 600 g/mol. The quantitative estimate of drug-likeness (QED) is 0.251. The Kier molecular flexibility index (Phi) is 8.57. The number of sulfonamides is 1. The van der Waals surface area contributed by atoms with Gasteiger partial charge in [0.05, 0.1) is 20.8 Å². The molecule has 0 saturated heterocycles. The van der Waals surface area contributed by atoms with Crippen molar-refractivity contribution in [2.24, 2.45) is 7.05 Å². The summed E-state index contributed by atoms with van der Waals surface area (Å²) in [6.45, 7) is -0.291. The van der Waals surface area contributed by atoms with Gasteiger partial charge in [-0.05, 0) is 49.6 Å². The SMILES string of the molecule is COc1ccc(CN(c2ccncn2)S(=O)(=O)c2ccc(O[C@H]3CCCC[C@@H]3c3ccnn3C)c(F)c2F)c(OC)c1. The van der Waals surface area contributed by atoms with Gasteiger partial charge in [-0.25, -0.2) is 27.1 Å². The molecule has 0 amide bonds. The van der Waals surface area contributed by atoms with Gasteiger partial charge in [-0.1, -0.05) is 6.42 Å². The van der Waals surface area contributed by atoms with Crippen molar-refractivity contribution in [3.8, 4) is 17.2 Å². The summed E-state index contributed by atoms with van der Waals surface area (Å²) in [5.74, 6) is -2.53. The molecule has 2 heterocycles. The summed E-state index contributed by atoms with van der Waals surface area (Å²) in [4.78, 5) is 7.05. The van der Waals surface area contributed by atoms with Gasteiger partial charge in [-0.15, -0.1) is 0 Å². The monoisotopic (exact) mass is 599 g/mol. The lowest BCUT2D eigenvalue weighted by Crippen LogP contribution is -2.33. The third-order valence-corrected chi connectivity index (χ3v) is 9.20. The van der Waals surface area contributed by atoms with E-state index in [0.29, 0.717) is 23.5 Å². The lowest BCUT2D eigenvalue weighted by atomic mass is 9.84. The maximum Gasteiger partial charge on any atom is 0.268 e. The van der Waals surface area contributed by atoms with E-state index < -0.39 is 32.7 Å². The van der Waals surface area contributed by atoms with Gasteiger partial charge in [-0.2, -0.15) is 9.49 Å². The predicted octanol–water partition coefficient (Wildman–Crippen LogP) is 5.01. The molecule has 1 aliphatic carbocycles. The second-order valence-corrected chi connectivity index (χ2v) is 11.7. The molecular formula is C29H31F2N5O5S. The minimum atomic E-state index is -4.67. The van der Waals surface area contributed by atoms with Crippen LogP contribution in [0.4, 0.5) is 14.6 Å². The van der Waals surface area contributed by atoms with Crippen LogP contribution in [0, 0.1) is 11.6 Å². The summed E-state index contributed by atoms with van der Waals surface area (Å²) in [6.07, 6.45) is 7.08. The van der Waals surface area contributed by atoms with E-state index in [9.17, 15) is 8.42 Å². The molecule has 2 aromatic heterocycles. The first-order valence-electron chi connectivity index (χ1n) is 13.4. The molecule has 0 radical (unpaired) electrons. The molecular weight excluding hydrogens is 568 g/mol. The fraction of sp³-hybridized carbons (Fsp3) is 0.345. The molecule has 4 aromatic rings. The number of benzene rings is 2. The Hall–Kier alpha value is -4.26. The van der Waals surface area contributed by atoms with Crippen LogP contribution in [0.5, 0.6) is 17.2 Å². The topological polar surface area (TPSA) is 109 Å². The highest BCUT2D eigenvalue weighted by Gasteiger charge is 2.35. The van der Waals surface area contributed by atoms with E-state index in [-0.39, 0.29) is 24.0 Å². The van der Waals surface area contributed by atoms with Crippen LogP contribution in [0.2, 0.25) is 0 Å². The molecule has 13 heteroatoms. The smallest absolute Gasteiger partial charge is 0.268 e. The second-order valence-electron chi connectivity index (χ2n) is 9.87. The largest absolute Gasteiger partial charge is 0.497 e. The number of halogens is 2. The fourth-order valence-electron chi connectivity index (χ4n) is 5.27. The lowest BCUT2D eigenvalue weighted by Gasteiger charge is -2.32. The van der Waals surface area contributed by atoms with E-state index in [2.05, 4.69) is 15.1 Å². The van der Waals surface area contributed by atoms with Crippen molar-refractivity contribution in [1.82, 2.24) is 19.7 Å². The van der Waals surface area contributed by atoms with Crippen LogP contribution in [-0.4, -0.2) is 48.5 Å². The number of ether oxygens (including phenoxy) is 3. The Morgan fingerprint density at radius 1 is 0.976 bits per heavy atom. The Morgan fingerprint density at radius 2 is 1.79 bits per heavy atom. The van der Waals surface area contributed by atoms with Gasteiger partial charge >= 0.3 is 0 Å². The van der Waals surface area contributed by atoms with Gasteiger partial charge in [0.15, 0.2) is 11.6 Å². The lowest BCUT2D eigenvalue weighted by molar-refractivity contribution is 0.120. The standard InChI is InChI=1S/C29H31F2N5O5S/c1-35-22(12-15-34-35)21-6-4-5-7-23(21)41-24-10-11-26(29(31)28(24)30)42(37,38)36(27-13-14-32-18-33-27)17-19-8-9-20(39-2)16-25(19)40-3/h8-16,18,21,23H,4-7,17H2,1-3H3/t21-,23+/m1/s1. The van der Waals surface area contributed by atoms with Crippen molar-refractivity contribution in [2.45, 2.75) is 49.1 Å². The second kappa shape index (κ2) is 12.3. The van der Waals surface area contributed by atoms with Crippen LogP contribution >= 0.6 is 0 Å².